The van der Waals surface area contributed by atoms with Crippen LogP contribution in [0.2, 0.25) is 0 Å². The first-order chi connectivity index (χ1) is 12.5. The molecule has 7 heteroatoms. The van der Waals surface area contributed by atoms with Gasteiger partial charge in [-0.1, -0.05) is 23.8 Å². The minimum absolute atomic E-state index is 0.0346. The van der Waals surface area contributed by atoms with Crippen molar-refractivity contribution in [2.45, 2.75) is 32.9 Å². The summed E-state index contributed by atoms with van der Waals surface area (Å²) in [6.07, 6.45) is 3.76. The minimum atomic E-state index is -0.0703. The van der Waals surface area contributed by atoms with E-state index >= 15 is 0 Å². The highest BCUT2D eigenvalue weighted by Gasteiger charge is 2.13. The Morgan fingerprint density at radius 3 is 2.81 bits per heavy atom. The van der Waals surface area contributed by atoms with E-state index in [1.165, 1.54) is 0 Å². The number of pyridine rings is 1. The van der Waals surface area contributed by atoms with Crippen LogP contribution in [-0.2, 0) is 11.3 Å². The number of benzene rings is 1. The molecular formula is C19H21N5OS. The standard InChI is InChI=1S/C19H21N5OS/c1-13-4-3-5-16(12-13)18-22-23-19(26)24(18)11-8-17(25)21-14(2)15-6-9-20-10-7-15/h3-7,9-10,12,14H,8,11H2,1-2H3,(H,21,25)(H,23,26). The van der Waals surface area contributed by atoms with Gasteiger partial charge in [0.05, 0.1) is 6.04 Å². The number of hydrogen-bond acceptors (Lipinski definition) is 4. The van der Waals surface area contributed by atoms with Crippen molar-refractivity contribution < 1.29 is 4.79 Å². The van der Waals surface area contributed by atoms with Gasteiger partial charge in [-0.3, -0.25) is 19.4 Å². The molecule has 0 aliphatic heterocycles. The number of nitrogens with zero attached hydrogens (tertiary/aromatic N) is 3. The van der Waals surface area contributed by atoms with Crippen LogP contribution >= 0.6 is 12.2 Å². The zero-order valence-corrected chi connectivity index (χ0v) is 15.6. The van der Waals surface area contributed by atoms with E-state index in [-0.39, 0.29) is 11.9 Å². The molecule has 2 N–H and O–H groups in total. The van der Waals surface area contributed by atoms with Gasteiger partial charge < -0.3 is 5.32 Å². The van der Waals surface area contributed by atoms with E-state index in [1.54, 1.807) is 12.4 Å². The van der Waals surface area contributed by atoms with Gasteiger partial charge in [-0.05, 0) is 49.8 Å². The van der Waals surface area contributed by atoms with E-state index in [0.29, 0.717) is 17.7 Å². The number of hydrogen-bond donors (Lipinski definition) is 2. The van der Waals surface area contributed by atoms with E-state index < -0.39 is 0 Å². The zero-order valence-electron chi connectivity index (χ0n) is 14.8. The second-order valence-electron chi connectivity index (χ2n) is 6.19. The van der Waals surface area contributed by atoms with Crippen LogP contribution in [0.5, 0.6) is 0 Å². The molecule has 0 bridgehead atoms. The van der Waals surface area contributed by atoms with Crippen LogP contribution in [0.1, 0.15) is 30.5 Å². The fourth-order valence-electron chi connectivity index (χ4n) is 2.79. The first kappa shape index (κ1) is 18.0. The first-order valence-electron chi connectivity index (χ1n) is 8.46. The molecule has 1 aromatic carbocycles. The maximum atomic E-state index is 12.3. The van der Waals surface area contributed by atoms with Crippen molar-refractivity contribution >= 4 is 18.1 Å². The lowest BCUT2D eigenvalue weighted by molar-refractivity contribution is -0.121. The molecule has 1 amide bonds. The Hall–Kier alpha value is -2.80. The molecule has 26 heavy (non-hydrogen) atoms. The quantitative estimate of drug-likeness (QED) is 0.653. The molecule has 134 valence electrons. The van der Waals surface area contributed by atoms with Crippen LogP contribution in [0.4, 0.5) is 0 Å². The molecule has 3 aromatic rings. The maximum Gasteiger partial charge on any atom is 0.222 e. The Balaban J connectivity index is 1.67. The van der Waals surface area contributed by atoms with Gasteiger partial charge in [-0.2, -0.15) is 5.10 Å². The van der Waals surface area contributed by atoms with E-state index in [2.05, 4.69) is 20.5 Å². The normalized spacial score (nSPS) is 11.9. The number of nitrogens with one attached hydrogen (secondary N) is 2. The molecule has 0 aliphatic rings. The number of rotatable bonds is 6. The highest BCUT2D eigenvalue weighted by atomic mass is 32.1. The third kappa shape index (κ3) is 4.23. The van der Waals surface area contributed by atoms with E-state index in [9.17, 15) is 4.79 Å². The van der Waals surface area contributed by atoms with Gasteiger partial charge in [-0.15, -0.1) is 0 Å². The van der Waals surface area contributed by atoms with Crippen molar-refractivity contribution in [2.24, 2.45) is 0 Å². The average molecular weight is 367 g/mol. The predicted molar refractivity (Wildman–Crippen MR) is 103 cm³/mol. The summed E-state index contributed by atoms with van der Waals surface area (Å²) in [5.41, 5.74) is 3.14. The summed E-state index contributed by atoms with van der Waals surface area (Å²) in [6.45, 7) is 4.45. The van der Waals surface area contributed by atoms with Crippen molar-refractivity contribution in [1.29, 1.82) is 0 Å². The van der Waals surface area contributed by atoms with Crippen LogP contribution in [0, 0.1) is 11.7 Å². The summed E-state index contributed by atoms with van der Waals surface area (Å²) in [5.74, 6) is 0.710. The molecule has 0 saturated carbocycles. The summed E-state index contributed by atoms with van der Waals surface area (Å²) in [5, 5.41) is 10.1. The second kappa shape index (κ2) is 8.05. The smallest absolute Gasteiger partial charge is 0.222 e. The number of carbonyl (C=O) groups is 1. The van der Waals surface area contributed by atoms with Crippen LogP contribution in [-0.4, -0.2) is 25.7 Å². The molecule has 1 atom stereocenters. The van der Waals surface area contributed by atoms with E-state index in [0.717, 1.165) is 22.5 Å². The third-order valence-corrected chi connectivity index (χ3v) is 4.49. The van der Waals surface area contributed by atoms with Crippen molar-refractivity contribution in [3.05, 3.63) is 64.7 Å². The van der Waals surface area contributed by atoms with Crippen molar-refractivity contribution in [3.8, 4) is 11.4 Å². The Kier molecular flexibility index (Phi) is 5.58. The van der Waals surface area contributed by atoms with Crippen molar-refractivity contribution in [3.63, 3.8) is 0 Å². The molecule has 0 saturated heterocycles. The maximum absolute atomic E-state index is 12.3. The molecule has 0 aliphatic carbocycles. The van der Waals surface area contributed by atoms with Gasteiger partial charge in [0.25, 0.3) is 0 Å². The summed E-state index contributed by atoms with van der Waals surface area (Å²) in [7, 11) is 0. The Bertz CT molecular complexity index is 948. The number of H-pyrrole nitrogens is 1. The van der Waals surface area contributed by atoms with Gasteiger partial charge in [0, 0.05) is 30.9 Å². The number of aromatic amines is 1. The number of amides is 1. The molecule has 0 spiro atoms. The lowest BCUT2D eigenvalue weighted by Crippen LogP contribution is -2.27. The van der Waals surface area contributed by atoms with Gasteiger partial charge in [0.15, 0.2) is 10.6 Å². The van der Waals surface area contributed by atoms with Gasteiger partial charge in [0.2, 0.25) is 5.91 Å². The van der Waals surface area contributed by atoms with Crippen LogP contribution in [0.25, 0.3) is 11.4 Å². The molecular weight excluding hydrogens is 346 g/mol. The van der Waals surface area contributed by atoms with E-state index in [1.807, 2.05) is 54.8 Å². The van der Waals surface area contributed by atoms with Crippen molar-refractivity contribution in [1.82, 2.24) is 25.1 Å². The molecule has 2 heterocycles. The van der Waals surface area contributed by atoms with Crippen LogP contribution < -0.4 is 5.32 Å². The van der Waals surface area contributed by atoms with E-state index in [4.69, 9.17) is 12.2 Å². The molecule has 6 nitrogen and oxygen atoms in total. The fraction of sp³-hybridized carbons (Fsp3) is 0.263. The van der Waals surface area contributed by atoms with Gasteiger partial charge in [-0.25, -0.2) is 0 Å². The zero-order chi connectivity index (χ0) is 18.5. The van der Waals surface area contributed by atoms with Gasteiger partial charge in [0.1, 0.15) is 0 Å². The van der Waals surface area contributed by atoms with Crippen molar-refractivity contribution in [2.75, 3.05) is 0 Å². The largest absolute Gasteiger partial charge is 0.350 e. The monoisotopic (exact) mass is 367 g/mol. The third-order valence-electron chi connectivity index (χ3n) is 4.18. The van der Waals surface area contributed by atoms with Crippen LogP contribution in [0.3, 0.4) is 0 Å². The highest BCUT2D eigenvalue weighted by Crippen LogP contribution is 2.19. The first-order valence-corrected chi connectivity index (χ1v) is 8.87. The number of aromatic nitrogens is 4. The second-order valence-corrected chi connectivity index (χ2v) is 6.58. The minimum Gasteiger partial charge on any atom is -0.350 e. The lowest BCUT2D eigenvalue weighted by Gasteiger charge is -2.14. The SMILES string of the molecule is Cc1cccc(-c2n[nH]c(=S)n2CCC(=O)NC(C)c2ccncc2)c1. The molecule has 3 rings (SSSR count). The average Bonchev–Trinajstić information content (AvgIpc) is 3.01. The Morgan fingerprint density at radius 1 is 1.31 bits per heavy atom. The predicted octanol–water partition coefficient (Wildman–Crippen LogP) is 3.58. The summed E-state index contributed by atoms with van der Waals surface area (Å²) < 4.78 is 2.37. The Morgan fingerprint density at radius 2 is 2.08 bits per heavy atom. The summed E-state index contributed by atoms with van der Waals surface area (Å²) >= 11 is 5.33. The summed E-state index contributed by atoms with van der Waals surface area (Å²) in [6, 6.07) is 11.8. The molecule has 0 fully saturated rings. The van der Waals surface area contributed by atoms with Crippen LogP contribution in [0.15, 0.2) is 48.8 Å². The number of aryl methyl sites for hydroxylation is 1. The number of carbonyl (C=O) groups excluding carboxylic acids is 1. The molecule has 2 aromatic heterocycles. The fourth-order valence-corrected chi connectivity index (χ4v) is 3.02. The lowest BCUT2D eigenvalue weighted by atomic mass is 10.1. The molecule has 0 radical (unpaired) electrons. The molecule has 1 unspecified atom stereocenters. The summed E-state index contributed by atoms with van der Waals surface area (Å²) in [4.78, 5) is 16.3. The highest BCUT2D eigenvalue weighted by molar-refractivity contribution is 7.71. The van der Waals surface area contributed by atoms with Gasteiger partial charge >= 0.3 is 0 Å². The Labute approximate surface area is 157 Å². The topological polar surface area (TPSA) is 75.6 Å².